The van der Waals surface area contributed by atoms with Crippen molar-refractivity contribution in [3.63, 3.8) is 0 Å². The minimum Gasteiger partial charge on any atom is -0.326 e. The molecule has 3 rings (SSSR count). The third-order valence-electron chi connectivity index (χ3n) is 5.19. The van der Waals surface area contributed by atoms with Gasteiger partial charge in [0.15, 0.2) is 0 Å². The minimum atomic E-state index is -0.664. The van der Waals surface area contributed by atoms with Gasteiger partial charge in [-0.2, -0.15) is 5.10 Å². The Hall–Kier alpha value is -3.55. The quantitative estimate of drug-likeness (QED) is 0.422. The number of carbonyl (C=O) groups excluding carboxylic acids is 2. The van der Waals surface area contributed by atoms with Crippen LogP contribution in [0.25, 0.3) is 0 Å². The summed E-state index contributed by atoms with van der Waals surface area (Å²) in [6, 6.07) is 12.9. The van der Waals surface area contributed by atoms with Crippen LogP contribution in [0.1, 0.15) is 54.9 Å². The molecular weight excluding hydrogens is 384 g/mol. The molecule has 1 aliphatic carbocycles. The van der Waals surface area contributed by atoms with Gasteiger partial charge in [0.25, 0.3) is 11.6 Å². The second-order valence-electron chi connectivity index (χ2n) is 7.32. The predicted molar refractivity (Wildman–Crippen MR) is 114 cm³/mol. The van der Waals surface area contributed by atoms with E-state index in [4.69, 9.17) is 0 Å². The molecule has 156 valence electrons. The molecule has 0 heterocycles. The second-order valence-corrected chi connectivity index (χ2v) is 7.32. The Balaban J connectivity index is 1.68. The summed E-state index contributed by atoms with van der Waals surface area (Å²) in [7, 11) is 0. The van der Waals surface area contributed by atoms with Crippen molar-refractivity contribution in [2.24, 2.45) is 11.0 Å². The van der Waals surface area contributed by atoms with E-state index >= 15 is 0 Å². The van der Waals surface area contributed by atoms with Crippen LogP contribution in [0.5, 0.6) is 0 Å². The number of hydrogen-bond acceptors (Lipinski definition) is 5. The van der Waals surface area contributed by atoms with Gasteiger partial charge in [-0.05, 0) is 43.5 Å². The maximum Gasteiger partial charge on any atom is 0.282 e. The standard InChI is InChI=1S/C22H24N4O4/c1-15(24-25-22(28)19-12-5-6-13-20(19)26(29)30)17-10-7-11-18(14-17)23-21(27)16-8-3-2-4-9-16/h5-7,10-14,16H,2-4,8-9H2,1H3,(H,23,27)(H,25,28)/b24-15+. The van der Waals surface area contributed by atoms with E-state index in [9.17, 15) is 19.7 Å². The Morgan fingerprint density at radius 1 is 1.07 bits per heavy atom. The normalized spacial score (nSPS) is 14.8. The molecule has 8 nitrogen and oxygen atoms in total. The third-order valence-corrected chi connectivity index (χ3v) is 5.19. The zero-order valence-corrected chi connectivity index (χ0v) is 16.8. The smallest absolute Gasteiger partial charge is 0.282 e. The van der Waals surface area contributed by atoms with E-state index in [1.807, 2.05) is 12.1 Å². The largest absolute Gasteiger partial charge is 0.326 e. The Morgan fingerprint density at radius 2 is 1.80 bits per heavy atom. The monoisotopic (exact) mass is 408 g/mol. The summed E-state index contributed by atoms with van der Waals surface area (Å²) >= 11 is 0. The van der Waals surface area contributed by atoms with Crippen molar-refractivity contribution in [1.29, 1.82) is 0 Å². The number of carbonyl (C=O) groups is 2. The van der Waals surface area contributed by atoms with Crippen molar-refractivity contribution >= 4 is 28.9 Å². The van der Waals surface area contributed by atoms with E-state index in [0.717, 1.165) is 31.2 Å². The van der Waals surface area contributed by atoms with Gasteiger partial charge in [-0.25, -0.2) is 5.43 Å². The number of benzene rings is 2. The summed E-state index contributed by atoms with van der Waals surface area (Å²) in [5, 5.41) is 18.1. The molecule has 8 heteroatoms. The average molecular weight is 408 g/mol. The first-order valence-electron chi connectivity index (χ1n) is 9.95. The van der Waals surface area contributed by atoms with E-state index in [1.165, 1.54) is 24.6 Å². The number of nitro benzene ring substituents is 1. The van der Waals surface area contributed by atoms with Gasteiger partial charge in [0, 0.05) is 17.7 Å². The van der Waals surface area contributed by atoms with Gasteiger partial charge in [-0.15, -0.1) is 0 Å². The molecule has 0 unspecified atom stereocenters. The van der Waals surface area contributed by atoms with Crippen molar-refractivity contribution in [1.82, 2.24) is 5.43 Å². The van der Waals surface area contributed by atoms with Gasteiger partial charge >= 0.3 is 0 Å². The van der Waals surface area contributed by atoms with Gasteiger partial charge in [-0.3, -0.25) is 19.7 Å². The summed E-state index contributed by atoms with van der Waals surface area (Å²) in [6.45, 7) is 1.71. The van der Waals surface area contributed by atoms with Crippen LogP contribution in [-0.4, -0.2) is 22.4 Å². The number of nitro groups is 1. The van der Waals surface area contributed by atoms with Gasteiger partial charge in [0.2, 0.25) is 5.91 Å². The Bertz CT molecular complexity index is 981. The maximum absolute atomic E-state index is 12.5. The number of nitrogens with zero attached hydrogens (tertiary/aromatic N) is 2. The van der Waals surface area contributed by atoms with E-state index < -0.39 is 10.8 Å². The van der Waals surface area contributed by atoms with Crippen LogP contribution < -0.4 is 10.7 Å². The first-order valence-corrected chi connectivity index (χ1v) is 9.95. The van der Waals surface area contributed by atoms with Crippen molar-refractivity contribution < 1.29 is 14.5 Å². The number of hydrogen-bond donors (Lipinski definition) is 2. The van der Waals surface area contributed by atoms with Crippen LogP contribution in [0.2, 0.25) is 0 Å². The highest BCUT2D eigenvalue weighted by Gasteiger charge is 2.21. The van der Waals surface area contributed by atoms with Crippen molar-refractivity contribution in [3.05, 3.63) is 69.8 Å². The minimum absolute atomic E-state index is 0.0335. The lowest BCUT2D eigenvalue weighted by Crippen LogP contribution is -2.24. The highest BCUT2D eigenvalue weighted by atomic mass is 16.6. The third kappa shape index (κ3) is 5.28. The number of nitrogens with one attached hydrogen (secondary N) is 2. The summed E-state index contributed by atoms with van der Waals surface area (Å²) in [5.74, 6) is -0.576. The molecule has 1 aliphatic rings. The molecule has 0 aliphatic heterocycles. The van der Waals surface area contributed by atoms with Crippen LogP contribution in [0.4, 0.5) is 11.4 Å². The van der Waals surface area contributed by atoms with Crippen LogP contribution in [0.3, 0.4) is 0 Å². The molecule has 2 aromatic carbocycles. The molecule has 2 amide bonds. The molecule has 0 spiro atoms. The van der Waals surface area contributed by atoms with E-state index in [-0.39, 0.29) is 23.1 Å². The zero-order chi connectivity index (χ0) is 21.5. The van der Waals surface area contributed by atoms with Gasteiger partial charge in [-0.1, -0.05) is 43.5 Å². The van der Waals surface area contributed by atoms with Crippen molar-refractivity contribution in [2.75, 3.05) is 5.32 Å². The molecular formula is C22H24N4O4. The van der Waals surface area contributed by atoms with Crippen molar-refractivity contribution in [3.8, 4) is 0 Å². The Labute approximate surface area is 174 Å². The highest BCUT2D eigenvalue weighted by molar-refractivity contribution is 6.03. The molecule has 30 heavy (non-hydrogen) atoms. The van der Waals surface area contributed by atoms with E-state index in [2.05, 4.69) is 15.8 Å². The first kappa shape index (κ1) is 21.2. The second kappa shape index (κ2) is 9.78. The maximum atomic E-state index is 12.5. The fraction of sp³-hybridized carbons (Fsp3) is 0.318. The lowest BCUT2D eigenvalue weighted by atomic mass is 9.88. The Morgan fingerprint density at radius 3 is 2.53 bits per heavy atom. The molecule has 1 fully saturated rings. The fourth-order valence-electron chi connectivity index (χ4n) is 3.52. The van der Waals surface area contributed by atoms with Gasteiger partial charge < -0.3 is 5.32 Å². The van der Waals surface area contributed by atoms with Gasteiger partial charge in [0.05, 0.1) is 10.6 Å². The summed E-state index contributed by atoms with van der Waals surface area (Å²) in [4.78, 5) is 35.2. The summed E-state index contributed by atoms with van der Waals surface area (Å²) in [6.07, 6.45) is 5.20. The number of amides is 2. The fourth-order valence-corrected chi connectivity index (χ4v) is 3.52. The lowest BCUT2D eigenvalue weighted by Gasteiger charge is -2.20. The van der Waals surface area contributed by atoms with Crippen LogP contribution >= 0.6 is 0 Å². The lowest BCUT2D eigenvalue weighted by molar-refractivity contribution is -0.385. The molecule has 0 bridgehead atoms. The van der Waals surface area contributed by atoms with Crippen LogP contribution in [-0.2, 0) is 4.79 Å². The Kier molecular flexibility index (Phi) is 6.90. The number of anilines is 1. The average Bonchev–Trinajstić information content (AvgIpc) is 2.78. The van der Waals surface area contributed by atoms with Crippen molar-refractivity contribution in [2.45, 2.75) is 39.0 Å². The topological polar surface area (TPSA) is 114 Å². The number of rotatable bonds is 6. The summed E-state index contributed by atoms with van der Waals surface area (Å²) < 4.78 is 0. The molecule has 0 aromatic heterocycles. The van der Waals surface area contributed by atoms with Gasteiger partial charge in [0.1, 0.15) is 5.56 Å². The molecule has 0 saturated heterocycles. The summed E-state index contributed by atoms with van der Waals surface area (Å²) in [5.41, 5.74) is 3.92. The predicted octanol–water partition coefficient (Wildman–Crippen LogP) is 4.27. The van der Waals surface area contributed by atoms with E-state index in [0.29, 0.717) is 11.4 Å². The molecule has 2 N–H and O–H groups in total. The number of hydrazone groups is 1. The molecule has 0 atom stereocenters. The van der Waals surface area contributed by atoms with Crippen LogP contribution in [0.15, 0.2) is 53.6 Å². The van der Waals surface area contributed by atoms with Crippen LogP contribution in [0, 0.1) is 16.0 Å². The SMILES string of the molecule is C/C(=N\NC(=O)c1ccccc1[N+](=O)[O-])c1cccc(NC(=O)C2CCCCC2)c1. The highest BCUT2D eigenvalue weighted by Crippen LogP contribution is 2.25. The van der Waals surface area contributed by atoms with E-state index in [1.54, 1.807) is 25.1 Å². The zero-order valence-electron chi connectivity index (χ0n) is 16.8. The molecule has 0 radical (unpaired) electrons. The first-order chi connectivity index (χ1) is 14.5. The molecule has 2 aromatic rings. The molecule has 1 saturated carbocycles. The number of para-hydroxylation sites is 1.